The number of hydrogen-bond donors (Lipinski definition) is 1. The van der Waals surface area contributed by atoms with E-state index >= 15 is 0 Å². The van der Waals surface area contributed by atoms with E-state index in [1.54, 1.807) is 30.3 Å². The Kier molecular flexibility index (Phi) is 6.29. The third-order valence-electron chi connectivity index (χ3n) is 5.20. The summed E-state index contributed by atoms with van der Waals surface area (Å²) in [6.45, 7) is 0.609. The molecule has 1 aromatic heterocycles. The molecule has 0 spiro atoms. The number of carbonyl (C=O) groups is 1. The molecular weight excluding hydrogens is 414 g/mol. The van der Waals surface area contributed by atoms with E-state index in [0.29, 0.717) is 37.4 Å². The summed E-state index contributed by atoms with van der Waals surface area (Å²) in [7, 11) is -3.58. The van der Waals surface area contributed by atoms with Crippen molar-refractivity contribution in [1.29, 1.82) is 0 Å². The molecule has 0 bridgehead atoms. The lowest BCUT2D eigenvalue weighted by molar-refractivity contribution is -0.120. The van der Waals surface area contributed by atoms with Crippen LogP contribution in [0.4, 0.5) is 5.69 Å². The maximum atomic E-state index is 12.7. The third kappa shape index (κ3) is 5.10. The monoisotopic (exact) mass is 437 g/mol. The third-order valence-corrected chi connectivity index (χ3v) is 7.08. The first-order chi connectivity index (χ1) is 15.0. The van der Waals surface area contributed by atoms with E-state index in [-0.39, 0.29) is 16.7 Å². The van der Waals surface area contributed by atoms with Crippen molar-refractivity contribution >= 4 is 21.6 Å². The van der Waals surface area contributed by atoms with Crippen LogP contribution in [-0.4, -0.2) is 36.7 Å². The predicted molar refractivity (Wildman–Crippen MR) is 117 cm³/mol. The van der Waals surface area contributed by atoms with Gasteiger partial charge in [0.05, 0.1) is 0 Å². The van der Waals surface area contributed by atoms with E-state index < -0.39 is 10.0 Å². The summed E-state index contributed by atoms with van der Waals surface area (Å²) in [5, 5.41) is 2.92. The summed E-state index contributed by atoms with van der Waals surface area (Å²) >= 11 is 0. The minimum atomic E-state index is -3.58. The number of rotatable bonds is 6. The number of para-hydroxylation sites is 1. The number of piperidine rings is 1. The number of amides is 1. The summed E-state index contributed by atoms with van der Waals surface area (Å²) in [5.74, 6) is 1.08. The van der Waals surface area contributed by atoms with Crippen LogP contribution in [0, 0.1) is 5.92 Å². The number of anilines is 1. The highest BCUT2D eigenvalue weighted by Gasteiger charge is 2.32. The lowest BCUT2D eigenvalue weighted by atomic mass is 9.97. The molecule has 0 radical (unpaired) electrons. The molecule has 2 heterocycles. The number of sulfonamides is 1. The van der Waals surface area contributed by atoms with Gasteiger partial charge in [0.15, 0.2) is 0 Å². The van der Waals surface area contributed by atoms with Crippen molar-refractivity contribution in [2.45, 2.75) is 17.7 Å². The van der Waals surface area contributed by atoms with E-state index in [1.165, 1.54) is 22.8 Å². The molecule has 1 fully saturated rings. The number of nitrogens with one attached hydrogen (secondary N) is 1. The van der Waals surface area contributed by atoms with Crippen molar-refractivity contribution in [2.24, 2.45) is 5.92 Å². The molecule has 0 atom stereocenters. The van der Waals surface area contributed by atoms with Gasteiger partial charge in [-0.25, -0.2) is 8.42 Å². The highest BCUT2D eigenvalue weighted by molar-refractivity contribution is 7.89. The normalized spacial score (nSPS) is 15.4. The summed E-state index contributed by atoms with van der Waals surface area (Å²) in [4.78, 5) is 16.7. The molecule has 0 unspecified atom stereocenters. The van der Waals surface area contributed by atoms with E-state index in [2.05, 4.69) is 10.3 Å². The molecule has 2 aromatic carbocycles. The van der Waals surface area contributed by atoms with Crippen LogP contribution in [0.3, 0.4) is 0 Å². The highest BCUT2D eigenvalue weighted by Crippen LogP contribution is 2.26. The Balaban J connectivity index is 1.31. The van der Waals surface area contributed by atoms with Crippen LogP contribution in [0.1, 0.15) is 12.8 Å². The average molecular weight is 438 g/mol. The molecule has 1 N–H and O–H groups in total. The first kappa shape index (κ1) is 21.0. The van der Waals surface area contributed by atoms with Gasteiger partial charge in [0.2, 0.25) is 15.9 Å². The Morgan fingerprint density at radius 3 is 2.26 bits per heavy atom. The fraction of sp³-hybridized carbons (Fsp3) is 0.217. The van der Waals surface area contributed by atoms with Gasteiger partial charge in [-0.15, -0.1) is 0 Å². The lowest BCUT2D eigenvalue weighted by Gasteiger charge is -2.30. The largest absolute Gasteiger partial charge is 0.457 e. The standard InChI is InChI=1S/C23H23N3O4S/c27-23(25-19-8-10-21(11-9-19)30-20-5-2-1-3-6-20)18-12-15-26(16-13-18)31(28,29)22-7-4-14-24-17-22/h1-11,14,17-18H,12-13,15-16H2,(H,25,27). The maximum absolute atomic E-state index is 12.7. The minimum absolute atomic E-state index is 0.102. The second-order valence-corrected chi connectivity index (χ2v) is 9.23. The summed E-state index contributed by atoms with van der Waals surface area (Å²) in [6, 6.07) is 19.8. The van der Waals surface area contributed by atoms with Crippen molar-refractivity contribution in [2.75, 3.05) is 18.4 Å². The van der Waals surface area contributed by atoms with Crippen LogP contribution >= 0.6 is 0 Å². The van der Waals surface area contributed by atoms with Crippen LogP contribution in [0.2, 0.25) is 0 Å². The molecule has 1 saturated heterocycles. The molecule has 4 rings (SSSR count). The van der Waals surface area contributed by atoms with E-state index in [1.807, 2.05) is 30.3 Å². The van der Waals surface area contributed by atoms with Crippen molar-refractivity contribution in [3.8, 4) is 11.5 Å². The molecule has 160 valence electrons. The Morgan fingerprint density at radius 2 is 1.61 bits per heavy atom. The Labute approximate surface area is 181 Å². The van der Waals surface area contributed by atoms with Crippen molar-refractivity contribution in [3.05, 3.63) is 79.1 Å². The lowest BCUT2D eigenvalue weighted by Crippen LogP contribution is -2.41. The number of pyridine rings is 1. The second-order valence-electron chi connectivity index (χ2n) is 7.30. The van der Waals surface area contributed by atoms with Gasteiger partial charge in [-0.2, -0.15) is 4.31 Å². The van der Waals surface area contributed by atoms with Crippen molar-refractivity contribution < 1.29 is 17.9 Å². The summed E-state index contributed by atoms with van der Waals surface area (Å²) < 4.78 is 32.6. The van der Waals surface area contributed by atoms with E-state index in [9.17, 15) is 13.2 Å². The fourth-order valence-corrected chi connectivity index (χ4v) is 4.92. The van der Waals surface area contributed by atoms with Crippen LogP contribution in [0.5, 0.6) is 11.5 Å². The zero-order valence-electron chi connectivity index (χ0n) is 16.8. The first-order valence-corrected chi connectivity index (χ1v) is 11.5. The Hall–Kier alpha value is -3.23. The summed E-state index contributed by atoms with van der Waals surface area (Å²) in [5.41, 5.74) is 0.677. The molecule has 8 heteroatoms. The van der Waals surface area contributed by atoms with Crippen LogP contribution in [0.25, 0.3) is 0 Å². The average Bonchev–Trinajstić information content (AvgIpc) is 2.82. The molecular formula is C23H23N3O4S. The zero-order chi connectivity index (χ0) is 21.7. The maximum Gasteiger partial charge on any atom is 0.244 e. The molecule has 0 saturated carbocycles. The van der Waals surface area contributed by atoms with Crippen molar-refractivity contribution in [1.82, 2.24) is 9.29 Å². The summed E-state index contributed by atoms with van der Waals surface area (Å²) in [6.07, 6.45) is 3.83. The number of aromatic nitrogens is 1. The molecule has 31 heavy (non-hydrogen) atoms. The molecule has 1 aliphatic rings. The molecule has 1 amide bonds. The molecule has 3 aromatic rings. The number of nitrogens with zero attached hydrogens (tertiary/aromatic N) is 2. The van der Waals surface area contributed by atoms with E-state index in [0.717, 1.165) is 5.75 Å². The van der Waals surface area contributed by atoms with Crippen LogP contribution < -0.4 is 10.1 Å². The number of carbonyl (C=O) groups excluding carboxylic acids is 1. The van der Waals surface area contributed by atoms with Gasteiger partial charge < -0.3 is 10.1 Å². The van der Waals surface area contributed by atoms with Gasteiger partial charge in [-0.1, -0.05) is 18.2 Å². The highest BCUT2D eigenvalue weighted by atomic mass is 32.2. The van der Waals surface area contributed by atoms with Gasteiger partial charge in [-0.3, -0.25) is 9.78 Å². The number of ether oxygens (including phenoxy) is 1. The van der Waals surface area contributed by atoms with Crippen molar-refractivity contribution in [3.63, 3.8) is 0 Å². The van der Waals surface area contributed by atoms with E-state index in [4.69, 9.17) is 4.74 Å². The Bertz CT molecular complexity index is 1110. The number of hydrogen-bond acceptors (Lipinski definition) is 5. The molecule has 1 aliphatic heterocycles. The van der Waals surface area contributed by atoms with Gasteiger partial charge >= 0.3 is 0 Å². The van der Waals surface area contributed by atoms with Gasteiger partial charge in [-0.05, 0) is 61.4 Å². The quantitative estimate of drug-likeness (QED) is 0.632. The smallest absolute Gasteiger partial charge is 0.244 e. The fourth-order valence-electron chi connectivity index (χ4n) is 3.48. The van der Waals surface area contributed by atoms with Gasteiger partial charge in [0, 0.05) is 37.1 Å². The Morgan fingerprint density at radius 1 is 0.935 bits per heavy atom. The first-order valence-electron chi connectivity index (χ1n) is 10.1. The van der Waals surface area contributed by atoms with Gasteiger partial charge in [0.1, 0.15) is 16.4 Å². The number of benzene rings is 2. The molecule has 7 nitrogen and oxygen atoms in total. The zero-order valence-corrected chi connectivity index (χ0v) is 17.7. The van der Waals surface area contributed by atoms with Gasteiger partial charge in [0.25, 0.3) is 0 Å². The predicted octanol–water partition coefficient (Wildman–Crippen LogP) is 3.91. The van der Waals surface area contributed by atoms with Crippen LogP contribution in [0.15, 0.2) is 84.0 Å². The topological polar surface area (TPSA) is 88.6 Å². The second kappa shape index (κ2) is 9.28. The van der Waals surface area contributed by atoms with Crippen LogP contribution in [-0.2, 0) is 14.8 Å². The SMILES string of the molecule is O=C(Nc1ccc(Oc2ccccc2)cc1)C1CCN(S(=O)(=O)c2cccnc2)CC1. The minimum Gasteiger partial charge on any atom is -0.457 e. The molecule has 0 aliphatic carbocycles.